The molecule has 0 bridgehead atoms. The molecule has 5 aromatic rings. The van der Waals surface area contributed by atoms with E-state index in [1.165, 1.54) is 6.39 Å². The summed E-state index contributed by atoms with van der Waals surface area (Å²) in [5.41, 5.74) is 3.85. The summed E-state index contributed by atoms with van der Waals surface area (Å²) in [6.07, 6.45) is 2.88. The number of hydrogen-bond acceptors (Lipinski definition) is 8. The van der Waals surface area contributed by atoms with Gasteiger partial charge in [0.25, 0.3) is 0 Å². The predicted octanol–water partition coefficient (Wildman–Crippen LogP) is 5.98. The van der Waals surface area contributed by atoms with Gasteiger partial charge in [-0.1, -0.05) is 121 Å². The second-order valence-electron chi connectivity index (χ2n) is 11.7. The van der Waals surface area contributed by atoms with Crippen LogP contribution in [0.5, 0.6) is 0 Å². The summed E-state index contributed by atoms with van der Waals surface area (Å²) in [5, 5.41) is 3.00. The molecule has 1 aromatic heterocycles. The number of nitrogens with one attached hydrogen (secondary N) is 1. The summed E-state index contributed by atoms with van der Waals surface area (Å²) in [4.78, 5) is 46.3. The van der Waals surface area contributed by atoms with E-state index in [0.717, 1.165) is 22.3 Å². The first kappa shape index (κ1) is 34.8. The molecule has 9 heteroatoms. The highest BCUT2D eigenvalue weighted by atomic mass is 16.5. The van der Waals surface area contributed by atoms with E-state index in [-0.39, 0.29) is 37.8 Å². The van der Waals surface area contributed by atoms with Crippen LogP contribution >= 0.6 is 0 Å². The Bertz CT molecular complexity index is 1750. The number of nitrogens with zero attached hydrogens (tertiary/aromatic N) is 2. The topological polar surface area (TPSA) is 111 Å². The van der Waals surface area contributed by atoms with Gasteiger partial charge in [-0.15, -0.1) is 0 Å². The Balaban J connectivity index is 1.27. The van der Waals surface area contributed by atoms with Crippen molar-refractivity contribution in [2.45, 2.75) is 51.0 Å². The molecule has 0 saturated heterocycles. The summed E-state index contributed by atoms with van der Waals surface area (Å²) >= 11 is 0. The standard InChI is InChI=1S/C40H41N3O6/c1-43(34(23-22-30-14-6-2-7-15-30)39(45)47-27-32-18-10-4-11-19-32)35(26-31-16-8-3-9-17-31)38(44)41-25-24-36-37(42-29-49-36)40(46)48-28-33-20-12-5-13-21-33/h2-21,29,34-35H,22-28H2,1H3,(H,41,44)/t34-,35-/m0/s1. The van der Waals surface area contributed by atoms with Crippen molar-refractivity contribution < 1.29 is 28.3 Å². The van der Waals surface area contributed by atoms with Crippen LogP contribution in [0, 0.1) is 0 Å². The van der Waals surface area contributed by atoms with E-state index in [1.54, 1.807) is 7.05 Å². The molecule has 2 atom stereocenters. The van der Waals surface area contributed by atoms with E-state index >= 15 is 0 Å². The van der Waals surface area contributed by atoms with Crippen molar-refractivity contribution in [2.75, 3.05) is 13.6 Å². The Kier molecular flexibility index (Phi) is 12.9. The maximum atomic E-state index is 13.9. The van der Waals surface area contributed by atoms with Gasteiger partial charge in [-0.3, -0.25) is 14.5 Å². The second-order valence-corrected chi connectivity index (χ2v) is 11.7. The number of carbonyl (C=O) groups excluding carboxylic acids is 3. The molecule has 5 rings (SSSR count). The summed E-state index contributed by atoms with van der Waals surface area (Å²) in [5.74, 6) is -0.944. The number of aromatic nitrogens is 1. The number of aryl methyl sites for hydroxylation is 1. The maximum Gasteiger partial charge on any atom is 0.360 e. The van der Waals surface area contributed by atoms with Gasteiger partial charge >= 0.3 is 11.9 Å². The number of oxazole rings is 1. The van der Waals surface area contributed by atoms with Crippen molar-refractivity contribution >= 4 is 17.8 Å². The van der Waals surface area contributed by atoms with Crippen molar-refractivity contribution in [2.24, 2.45) is 0 Å². The average molecular weight is 660 g/mol. The Labute approximate surface area is 286 Å². The predicted molar refractivity (Wildman–Crippen MR) is 185 cm³/mol. The van der Waals surface area contributed by atoms with Crippen molar-refractivity contribution in [1.82, 2.24) is 15.2 Å². The van der Waals surface area contributed by atoms with Crippen LogP contribution in [-0.2, 0) is 51.5 Å². The van der Waals surface area contributed by atoms with Gasteiger partial charge in [-0.2, -0.15) is 0 Å². The molecule has 0 radical (unpaired) electrons. The minimum atomic E-state index is -0.697. The monoisotopic (exact) mass is 659 g/mol. The molecular weight excluding hydrogens is 618 g/mol. The van der Waals surface area contributed by atoms with Gasteiger partial charge < -0.3 is 19.2 Å². The van der Waals surface area contributed by atoms with Crippen LogP contribution in [0.1, 0.15) is 44.9 Å². The molecule has 0 aliphatic heterocycles. The van der Waals surface area contributed by atoms with Gasteiger partial charge in [0, 0.05) is 13.0 Å². The Morgan fingerprint density at radius 2 is 1.22 bits per heavy atom. The third kappa shape index (κ3) is 10.5. The lowest BCUT2D eigenvalue weighted by atomic mass is 9.99. The molecule has 0 unspecified atom stereocenters. The number of benzene rings is 4. The highest BCUT2D eigenvalue weighted by molar-refractivity contribution is 5.88. The zero-order chi connectivity index (χ0) is 34.3. The molecule has 4 aromatic carbocycles. The minimum Gasteiger partial charge on any atom is -0.460 e. The lowest BCUT2D eigenvalue weighted by molar-refractivity contribution is -0.153. The van der Waals surface area contributed by atoms with Crippen molar-refractivity contribution in [1.29, 1.82) is 0 Å². The van der Waals surface area contributed by atoms with Crippen LogP contribution in [0.15, 0.2) is 132 Å². The number of likely N-dealkylation sites (N-methyl/N-ethyl adjacent to an activating group) is 1. The van der Waals surface area contributed by atoms with E-state index in [0.29, 0.717) is 25.0 Å². The van der Waals surface area contributed by atoms with Gasteiger partial charge in [0.15, 0.2) is 12.1 Å². The first-order valence-electron chi connectivity index (χ1n) is 16.4. The van der Waals surface area contributed by atoms with E-state index in [4.69, 9.17) is 13.9 Å². The van der Waals surface area contributed by atoms with Crippen LogP contribution < -0.4 is 5.32 Å². The van der Waals surface area contributed by atoms with E-state index in [9.17, 15) is 14.4 Å². The van der Waals surface area contributed by atoms with Crippen molar-refractivity contribution in [3.8, 4) is 0 Å². The molecule has 1 N–H and O–H groups in total. The summed E-state index contributed by atoms with van der Waals surface area (Å²) < 4.78 is 16.7. The maximum absolute atomic E-state index is 13.9. The fraction of sp³-hybridized carbons (Fsp3) is 0.250. The fourth-order valence-electron chi connectivity index (χ4n) is 5.56. The van der Waals surface area contributed by atoms with Gasteiger partial charge in [0.1, 0.15) is 25.0 Å². The molecule has 1 amide bonds. The van der Waals surface area contributed by atoms with Crippen LogP contribution in [0.2, 0.25) is 0 Å². The molecule has 0 aliphatic carbocycles. The summed E-state index contributed by atoms with van der Waals surface area (Å²) in [6, 6.07) is 37.1. The van der Waals surface area contributed by atoms with Crippen molar-refractivity contribution in [3.05, 3.63) is 161 Å². The third-order valence-electron chi connectivity index (χ3n) is 8.30. The van der Waals surface area contributed by atoms with Crippen LogP contribution in [-0.4, -0.2) is 53.4 Å². The number of amides is 1. The summed E-state index contributed by atoms with van der Waals surface area (Å²) in [7, 11) is 1.80. The number of hydrogen-bond donors (Lipinski definition) is 1. The first-order chi connectivity index (χ1) is 24.0. The summed E-state index contributed by atoms with van der Waals surface area (Å²) in [6.45, 7) is 0.423. The zero-order valence-corrected chi connectivity index (χ0v) is 27.6. The fourth-order valence-corrected chi connectivity index (χ4v) is 5.56. The van der Waals surface area contributed by atoms with Gasteiger partial charge in [-0.25, -0.2) is 9.78 Å². The molecule has 252 valence electrons. The number of rotatable bonds is 17. The van der Waals surface area contributed by atoms with Gasteiger partial charge in [0.05, 0.1) is 6.04 Å². The lowest BCUT2D eigenvalue weighted by Gasteiger charge is -2.33. The normalized spacial score (nSPS) is 12.2. The minimum absolute atomic E-state index is 0.0743. The Morgan fingerprint density at radius 1 is 0.694 bits per heavy atom. The highest BCUT2D eigenvalue weighted by Gasteiger charge is 2.34. The quantitative estimate of drug-likeness (QED) is 0.122. The molecule has 49 heavy (non-hydrogen) atoms. The zero-order valence-electron chi connectivity index (χ0n) is 27.6. The molecular formula is C40H41N3O6. The Hall–Kier alpha value is -5.54. The smallest absolute Gasteiger partial charge is 0.360 e. The van der Waals surface area contributed by atoms with Crippen LogP contribution in [0.4, 0.5) is 0 Å². The molecule has 0 spiro atoms. The molecule has 1 heterocycles. The number of esters is 2. The molecule has 0 saturated carbocycles. The first-order valence-corrected chi connectivity index (χ1v) is 16.4. The van der Waals surface area contributed by atoms with E-state index < -0.39 is 24.0 Å². The molecule has 0 aliphatic rings. The largest absolute Gasteiger partial charge is 0.460 e. The van der Waals surface area contributed by atoms with Crippen LogP contribution in [0.3, 0.4) is 0 Å². The third-order valence-corrected chi connectivity index (χ3v) is 8.30. The number of carbonyl (C=O) groups is 3. The molecule has 0 fully saturated rings. The highest BCUT2D eigenvalue weighted by Crippen LogP contribution is 2.18. The number of ether oxygens (including phenoxy) is 2. The van der Waals surface area contributed by atoms with Crippen LogP contribution in [0.25, 0.3) is 0 Å². The van der Waals surface area contributed by atoms with Crippen molar-refractivity contribution in [3.63, 3.8) is 0 Å². The van der Waals surface area contributed by atoms with E-state index in [2.05, 4.69) is 10.3 Å². The Morgan fingerprint density at radius 3 is 1.82 bits per heavy atom. The van der Waals surface area contributed by atoms with E-state index in [1.807, 2.05) is 126 Å². The van der Waals surface area contributed by atoms with Gasteiger partial charge in [0.2, 0.25) is 5.91 Å². The lowest BCUT2D eigenvalue weighted by Crippen LogP contribution is -2.53. The van der Waals surface area contributed by atoms with Gasteiger partial charge in [-0.05, 0) is 48.6 Å². The second kappa shape index (κ2) is 18.1. The average Bonchev–Trinajstić information content (AvgIpc) is 3.62. The molecule has 9 nitrogen and oxygen atoms in total. The SMILES string of the molecule is CN([C@@H](Cc1ccccc1)C(=O)NCCc1ocnc1C(=O)OCc1ccccc1)[C@@H](CCc1ccccc1)C(=O)OCc1ccccc1.